The van der Waals surface area contributed by atoms with E-state index in [-0.39, 0.29) is 11.4 Å². The lowest BCUT2D eigenvalue weighted by Crippen LogP contribution is -2.42. The molecule has 0 bridgehead atoms. The number of nitrogens with two attached hydrogens (primary N) is 1. The molecule has 5 N–H and O–H groups in total. The molecule has 4 aromatic rings. The maximum Gasteiger partial charge on any atom is 0.416 e. The Hall–Kier alpha value is -4.65. The molecule has 1 aliphatic heterocycles. The average Bonchev–Trinajstić information content (AvgIpc) is 3.33. The molecular formula is C30H26Cl2N6O3. The Labute approximate surface area is 246 Å². The van der Waals surface area contributed by atoms with Gasteiger partial charge in [-0.3, -0.25) is 10.3 Å². The molecule has 0 aliphatic carbocycles. The fourth-order valence-electron chi connectivity index (χ4n) is 4.78. The number of amidine groups is 1. The highest BCUT2D eigenvalue weighted by Crippen LogP contribution is 2.40. The Balaban J connectivity index is 1.38. The molecule has 0 spiro atoms. The number of nitriles is 1. The van der Waals surface area contributed by atoms with Crippen LogP contribution in [0.3, 0.4) is 0 Å². The number of rotatable bonds is 8. The standard InChI is InChI=1S/C30H26Cl2N6O3/c31-20-3-8-23(9-4-20)41-30(39)38-13-11-24-25-15-21(32)5-10-26(25)37-27(24)28(38)18-1-6-22(7-2-18)40-14-12-36-17-19(16-33)29(34)35/h1-10,15,17,28,36-37H,11-14H2,(H3,34,35)/b19-17-. The highest BCUT2D eigenvalue weighted by atomic mass is 35.5. The van der Waals surface area contributed by atoms with E-state index >= 15 is 0 Å². The molecule has 41 heavy (non-hydrogen) atoms. The van der Waals surface area contributed by atoms with Gasteiger partial charge in [0.05, 0.1) is 0 Å². The van der Waals surface area contributed by atoms with Gasteiger partial charge >= 0.3 is 6.09 Å². The van der Waals surface area contributed by atoms with Crippen molar-refractivity contribution >= 4 is 46.0 Å². The van der Waals surface area contributed by atoms with Crippen LogP contribution >= 0.6 is 23.2 Å². The largest absolute Gasteiger partial charge is 0.492 e. The smallest absolute Gasteiger partial charge is 0.416 e. The van der Waals surface area contributed by atoms with Crippen LogP contribution in [-0.4, -0.2) is 41.5 Å². The van der Waals surface area contributed by atoms with Crippen molar-refractivity contribution in [3.63, 3.8) is 0 Å². The molecule has 0 saturated heterocycles. The van der Waals surface area contributed by atoms with Crippen molar-refractivity contribution in [3.05, 3.63) is 105 Å². The van der Waals surface area contributed by atoms with Gasteiger partial charge in [0.25, 0.3) is 0 Å². The van der Waals surface area contributed by atoms with E-state index in [1.807, 2.05) is 48.5 Å². The minimum atomic E-state index is -0.471. The van der Waals surface area contributed by atoms with E-state index in [4.69, 9.17) is 49.1 Å². The van der Waals surface area contributed by atoms with Gasteiger partial charge in [-0.2, -0.15) is 5.26 Å². The predicted molar refractivity (Wildman–Crippen MR) is 159 cm³/mol. The van der Waals surface area contributed by atoms with Crippen molar-refractivity contribution < 1.29 is 14.3 Å². The summed E-state index contributed by atoms with van der Waals surface area (Å²) in [6.07, 6.45) is 1.56. The van der Waals surface area contributed by atoms with Gasteiger partial charge in [0.2, 0.25) is 0 Å². The predicted octanol–water partition coefficient (Wildman–Crippen LogP) is 5.93. The molecule has 5 rings (SSSR count). The number of hydrogen-bond acceptors (Lipinski definition) is 6. The van der Waals surface area contributed by atoms with Crippen LogP contribution in [-0.2, 0) is 6.42 Å². The molecule has 1 atom stereocenters. The van der Waals surface area contributed by atoms with E-state index in [9.17, 15) is 4.79 Å². The Morgan fingerprint density at radius 1 is 1.12 bits per heavy atom. The topological polar surface area (TPSA) is 140 Å². The minimum Gasteiger partial charge on any atom is -0.492 e. The molecule has 2 heterocycles. The van der Waals surface area contributed by atoms with E-state index in [2.05, 4.69) is 10.3 Å². The first kappa shape index (κ1) is 27.9. The monoisotopic (exact) mass is 588 g/mol. The van der Waals surface area contributed by atoms with Crippen LogP contribution in [0.15, 0.2) is 78.5 Å². The van der Waals surface area contributed by atoms with Gasteiger partial charge in [0.15, 0.2) is 0 Å². The van der Waals surface area contributed by atoms with Crippen LogP contribution in [0.5, 0.6) is 11.5 Å². The number of benzene rings is 3. The number of aromatic nitrogens is 1. The second kappa shape index (κ2) is 12.3. The quantitative estimate of drug-likeness (QED) is 0.0869. The first-order valence-electron chi connectivity index (χ1n) is 12.8. The molecule has 3 aromatic carbocycles. The summed E-state index contributed by atoms with van der Waals surface area (Å²) in [5.41, 5.74) is 9.24. The highest BCUT2D eigenvalue weighted by Gasteiger charge is 2.35. The molecule has 1 aliphatic rings. The van der Waals surface area contributed by atoms with Crippen LogP contribution in [0.1, 0.15) is 22.9 Å². The summed E-state index contributed by atoms with van der Waals surface area (Å²) >= 11 is 12.3. The lowest BCUT2D eigenvalue weighted by Gasteiger charge is -2.35. The second-order valence-electron chi connectivity index (χ2n) is 9.33. The van der Waals surface area contributed by atoms with Gasteiger partial charge in [0.1, 0.15) is 41.6 Å². The maximum atomic E-state index is 13.5. The fraction of sp³-hybridized carbons (Fsp3) is 0.167. The molecule has 0 saturated carbocycles. The van der Waals surface area contributed by atoms with Gasteiger partial charge in [-0.15, -0.1) is 0 Å². The fourth-order valence-corrected chi connectivity index (χ4v) is 5.08. The molecular weight excluding hydrogens is 563 g/mol. The number of H-pyrrole nitrogens is 1. The summed E-state index contributed by atoms with van der Waals surface area (Å²) in [5, 5.41) is 21.4. The van der Waals surface area contributed by atoms with Gasteiger partial charge in [-0.25, -0.2) is 4.79 Å². The lowest BCUT2D eigenvalue weighted by atomic mass is 9.92. The van der Waals surface area contributed by atoms with Crippen molar-refractivity contribution in [3.8, 4) is 17.6 Å². The molecule has 0 radical (unpaired) electrons. The van der Waals surface area contributed by atoms with Crippen LogP contribution in [0, 0.1) is 16.7 Å². The molecule has 9 nitrogen and oxygen atoms in total. The molecule has 208 valence electrons. The number of fused-ring (bicyclic) bond motifs is 3. The third-order valence-corrected chi connectivity index (χ3v) is 7.20. The zero-order valence-electron chi connectivity index (χ0n) is 21.8. The summed E-state index contributed by atoms with van der Waals surface area (Å²) in [6.45, 7) is 1.18. The molecule has 0 fully saturated rings. The molecule has 11 heteroatoms. The summed E-state index contributed by atoms with van der Waals surface area (Å²) in [4.78, 5) is 18.7. The highest BCUT2D eigenvalue weighted by molar-refractivity contribution is 6.31. The second-order valence-corrected chi connectivity index (χ2v) is 10.2. The van der Waals surface area contributed by atoms with E-state index in [0.29, 0.717) is 47.7 Å². The number of hydrogen-bond donors (Lipinski definition) is 4. The summed E-state index contributed by atoms with van der Waals surface area (Å²) in [6, 6.07) is 21.4. The number of carbonyl (C=O) groups is 1. The first-order chi connectivity index (χ1) is 19.8. The zero-order valence-corrected chi connectivity index (χ0v) is 23.3. The summed E-state index contributed by atoms with van der Waals surface area (Å²) < 4.78 is 11.5. The maximum absolute atomic E-state index is 13.5. The van der Waals surface area contributed by atoms with Crippen LogP contribution < -0.4 is 20.5 Å². The van der Waals surface area contributed by atoms with Crippen LogP contribution in [0.4, 0.5) is 4.79 Å². The SMILES string of the molecule is N#C/C(=C/NCCOc1ccc(C2c3[nH]c4ccc(Cl)cc4c3CCN2C(=O)Oc2ccc(Cl)cc2)cc1)C(=N)N. The Morgan fingerprint density at radius 3 is 2.54 bits per heavy atom. The molecule has 1 amide bonds. The number of carbonyl (C=O) groups excluding carboxylic acids is 1. The van der Waals surface area contributed by atoms with Crippen LogP contribution in [0.2, 0.25) is 10.0 Å². The number of nitrogens with one attached hydrogen (secondary N) is 3. The van der Waals surface area contributed by atoms with Crippen molar-refractivity contribution in [1.29, 1.82) is 10.7 Å². The normalized spacial score (nSPS) is 14.7. The van der Waals surface area contributed by atoms with E-state index in [1.54, 1.807) is 29.2 Å². The van der Waals surface area contributed by atoms with E-state index < -0.39 is 12.1 Å². The third-order valence-electron chi connectivity index (χ3n) is 6.71. The number of aromatic amines is 1. The number of halogens is 2. The lowest BCUT2D eigenvalue weighted by molar-refractivity contribution is 0.135. The van der Waals surface area contributed by atoms with Gasteiger partial charge < -0.3 is 25.5 Å². The minimum absolute atomic E-state index is 0.0552. The summed E-state index contributed by atoms with van der Waals surface area (Å²) in [5.74, 6) is 0.748. The van der Waals surface area contributed by atoms with Crippen molar-refractivity contribution in [2.24, 2.45) is 5.73 Å². The van der Waals surface area contributed by atoms with E-state index in [0.717, 1.165) is 27.7 Å². The zero-order chi connectivity index (χ0) is 28.9. The van der Waals surface area contributed by atoms with Crippen molar-refractivity contribution in [2.75, 3.05) is 19.7 Å². The number of nitrogens with zero attached hydrogens (tertiary/aromatic N) is 2. The van der Waals surface area contributed by atoms with Crippen LogP contribution in [0.25, 0.3) is 10.9 Å². The third kappa shape index (κ3) is 6.24. The molecule has 1 aromatic heterocycles. The van der Waals surface area contributed by atoms with E-state index in [1.165, 1.54) is 6.20 Å². The number of amides is 1. The van der Waals surface area contributed by atoms with Crippen molar-refractivity contribution in [1.82, 2.24) is 15.2 Å². The van der Waals surface area contributed by atoms with Gasteiger partial charge in [0, 0.05) is 45.9 Å². The average molecular weight is 589 g/mol. The van der Waals surface area contributed by atoms with Gasteiger partial charge in [-0.05, 0) is 72.1 Å². The van der Waals surface area contributed by atoms with Crippen molar-refractivity contribution in [2.45, 2.75) is 12.5 Å². The number of ether oxygens (including phenoxy) is 2. The Kier molecular flexibility index (Phi) is 8.34. The Morgan fingerprint density at radius 2 is 1.83 bits per heavy atom. The Bertz CT molecular complexity index is 1660. The summed E-state index contributed by atoms with van der Waals surface area (Å²) in [7, 11) is 0. The van der Waals surface area contributed by atoms with Gasteiger partial charge in [-0.1, -0.05) is 35.3 Å². The first-order valence-corrected chi connectivity index (χ1v) is 13.5. The molecule has 1 unspecified atom stereocenters.